The third-order valence-corrected chi connectivity index (χ3v) is 5.38. The lowest BCUT2D eigenvalue weighted by Gasteiger charge is -2.31. The Labute approximate surface area is 148 Å². The van der Waals surface area contributed by atoms with E-state index in [4.69, 9.17) is 4.52 Å². The van der Waals surface area contributed by atoms with E-state index in [0.29, 0.717) is 24.3 Å². The lowest BCUT2D eigenvalue weighted by molar-refractivity contribution is -0.134. The van der Waals surface area contributed by atoms with Gasteiger partial charge in [0.25, 0.3) is 0 Å². The van der Waals surface area contributed by atoms with Gasteiger partial charge in [-0.1, -0.05) is 42.4 Å². The maximum absolute atomic E-state index is 12.9. The first-order valence-electron chi connectivity index (χ1n) is 9.42. The van der Waals surface area contributed by atoms with Crippen molar-refractivity contribution in [2.24, 2.45) is 5.92 Å². The predicted molar refractivity (Wildman–Crippen MR) is 94.1 cm³/mol. The van der Waals surface area contributed by atoms with E-state index in [9.17, 15) is 4.79 Å². The summed E-state index contributed by atoms with van der Waals surface area (Å²) >= 11 is 0. The number of aryl methyl sites for hydroxylation is 1. The van der Waals surface area contributed by atoms with E-state index in [1.807, 2.05) is 11.0 Å². The second-order valence-electron chi connectivity index (χ2n) is 7.28. The van der Waals surface area contributed by atoms with Gasteiger partial charge in [-0.15, -0.1) is 0 Å². The highest BCUT2D eigenvalue weighted by Gasteiger charge is 2.46. The Morgan fingerprint density at radius 1 is 1.32 bits per heavy atom. The fraction of sp³-hybridized carbons (Fsp3) is 0.550. The summed E-state index contributed by atoms with van der Waals surface area (Å²) in [4.78, 5) is 19.4. The fourth-order valence-electron chi connectivity index (χ4n) is 3.91. The van der Waals surface area contributed by atoms with Crippen LogP contribution < -0.4 is 0 Å². The van der Waals surface area contributed by atoms with Crippen LogP contribution in [0.15, 0.2) is 34.9 Å². The SMILES string of the molecule is CCCc1noc([C@@H]2CCCN(C(=O)[C@@H]3C[C@@H]3c3ccccc3)C2)n1. The van der Waals surface area contributed by atoms with Gasteiger partial charge in [0.15, 0.2) is 5.82 Å². The molecule has 2 aromatic rings. The zero-order valence-corrected chi connectivity index (χ0v) is 14.7. The smallest absolute Gasteiger partial charge is 0.231 e. The molecule has 5 heteroatoms. The van der Waals surface area contributed by atoms with Gasteiger partial charge < -0.3 is 9.42 Å². The van der Waals surface area contributed by atoms with Crippen molar-refractivity contribution in [2.45, 2.75) is 50.9 Å². The van der Waals surface area contributed by atoms with E-state index in [1.165, 1.54) is 5.56 Å². The number of hydrogen-bond donors (Lipinski definition) is 0. The molecule has 1 aromatic heterocycles. The molecule has 0 bridgehead atoms. The molecule has 5 nitrogen and oxygen atoms in total. The van der Waals surface area contributed by atoms with Gasteiger partial charge in [-0.2, -0.15) is 4.98 Å². The van der Waals surface area contributed by atoms with Crippen LogP contribution in [0.25, 0.3) is 0 Å². The van der Waals surface area contributed by atoms with Crippen molar-refractivity contribution in [3.63, 3.8) is 0 Å². The van der Waals surface area contributed by atoms with Gasteiger partial charge in [-0.3, -0.25) is 4.79 Å². The minimum absolute atomic E-state index is 0.152. The minimum atomic E-state index is 0.152. The molecule has 2 aliphatic rings. The Kier molecular flexibility index (Phi) is 4.55. The van der Waals surface area contributed by atoms with E-state index in [-0.39, 0.29) is 11.8 Å². The summed E-state index contributed by atoms with van der Waals surface area (Å²) in [7, 11) is 0. The summed E-state index contributed by atoms with van der Waals surface area (Å²) in [5.41, 5.74) is 1.29. The van der Waals surface area contributed by atoms with Crippen molar-refractivity contribution in [2.75, 3.05) is 13.1 Å². The highest BCUT2D eigenvalue weighted by Crippen LogP contribution is 2.48. The molecule has 3 atom stereocenters. The summed E-state index contributed by atoms with van der Waals surface area (Å²) in [6, 6.07) is 10.4. The lowest BCUT2D eigenvalue weighted by atomic mass is 9.97. The zero-order chi connectivity index (χ0) is 17.2. The molecule has 132 valence electrons. The van der Waals surface area contributed by atoms with E-state index in [0.717, 1.165) is 44.5 Å². The molecule has 4 rings (SSSR count). The number of carbonyl (C=O) groups excluding carboxylic acids is 1. The number of hydrogen-bond acceptors (Lipinski definition) is 4. The van der Waals surface area contributed by atoms with E-state index >= 15 is 0 Å². The van der Waals surface area contributed by atoms with Crippen LogP contribution in [0.1, 0.15) is 61.7 Å². The van der Waals surface area contributed by atoms with Crippen LogP contribution in [0, 0.1) is 5.92 Å². The molecular formula is C20H25N3O2. The summed E-state index contributed by atoms with van der Waals surface area (Å²) in [6.45, 7) is 3.67. The minimum Gasteiger partial charge on any atom is -0.342 e. The Balaban J connectivity index is 1.39. The lowest BCUT2D eigenvalue weighted by Crippen LogP contribution is -2.40. The third kappa shape index (κ3) is 3.46. The second kappa shape index (κ2) is 6.98. The molecule has 0 N–H and O–H groups in total. The first-order valence-corrected chi connectivity index (χ1v) is 9.42. The highest BCUT2D eigenvalue weighted by atomic mass is 16.5. The first kappa shape index (κ1) is 16.3. The van der Waals surface area contributed by atoms with Gasteiger partial charge in [0.2, 0.25) is 11.8 Å². The van der Waals surface area contributed by atoms with Gasteiger partial charge in [-0.05, 0) is 37.2 Å². The maximum Gasteiger partial charge on any atom is 0.231 e. The zero-order valence-electron chi connectivity index (χ0n) is 14.7. The Morgan fingerprint density at radius 2 is 2.16 bits per heavy atom. The van der Waals surface area contributed by atoms with Crippen molar-refractivity contribution in [3.05, 3.63) is 47.6 Å². The Bertz CT molecular complexity index is 728. The molecule has 1 saturated heterocycles. The molecule has 2 fully saturated rings. The number of aromatic nitrogens is 2. The standard InChI is InChI=1S/C20H25N3O2/c1-2-7-18-21-19(25-22-18)15-10-6-11-23(13-15)20(24)17-12-16(17)14-8-4-3-5-9-14/h3-5,8-9,15-17H,2,6-7,10-13H2,1H3/t15-,16-,17-/m1/s1. The molecule has 0 spiro atoms. The van der Waals surface area contributed by atoms with Crippen LogP contribution in [0.4, 0.5) is 0 Å². The van der Waals surface area contributed by atoms with Crippen molar-refractivity contribution >= 4 is 5.91 Å². The fourth-order valence-corrected chi connectivity index (χ4v) is 3.91. The predicted octanol–water partition coefficient (Wildman–Crippen LogP) is 3.53. The van der Waals surface area contributed by atoms with Gasteiger partial charge in [0.1, 0.15) is 0 Å². The number of likely N-dealkylation sites (tertiary alicyclic amines) is 1. The van der Waals surface area contributed by atoms with Crippen LogP contribution in [0.5, 0.6) is 0 Å². The third-order valence-electron chi connectivity index (χ3n) is 5.38. The molecule has 1 aliphatic heterocycles. The second-order valence-corrected chi connectivity index (χ2v) is 7.28. The van der Waals surface area contributed by atoms with Crippen molar-refractivity contribution in [1.82, 2.24) is 15.0 Å². The Hall–Kier alpha value is -2.17. The number of nitrogens with zero attached hydrogens (tertiary/aromatic N) is 3. The summed E-state index contributed by atoms with van der Waals surface area (Å²) in [6.07, 6.45) is 4.86. The molecule has 25 heavy (non-hydrogen) atoms. The van der Waals surface area contributed by atoms with Gasteiger partial charge in [0.05, 0.1) is 5.92 Å². The van der Waals surface area contributed by atoms with Crippen LogP contribution in [0.2, 0.25) is 0 Å². The average molecular weight is 339 g/mol. The topological polar surface area (TPSA) is 59.2 Å². The maximum atomic E-state index is 12.9. The number of amides is 1. The van der Waals surface area contributed by atoms with Crippen molar-refractivity contribution in [1.29, 1.82) is 0 Å². The molecule has 2 heterocycles. The molecular weight excluding hydrogens is 314 g/mol. The molecule has 1 amide bonds. The summed E-state index contributed by atoms with van der Waals surface area (Å²) in [5.74, 6) is 2.52. The van der Waals surface area contributed by atoms with Gasteiger partial charge in [-0.25, -0.2) is 0 Å². The number of rotatable bonds is 5. The van der Waals surface area contributed by atoms with E-state index < -0.39 is 0 Å². The number of carbonyl (C=O) groups is 1. The van der Waals surface area contributed by atoms with Crippen molar-refractivity contribution in [3.8, 4) is 0 Å². The summed E-state index contributed by atoms with van der Waals surface area (Å²) < 4.78 is 5.45. The van der Waals surface area contributed by atoms with Crippen LogP contribution in [-0.2, 0) is 11.2 Å². The first-order chi connectivity index (χ1) is 12.3. The Morgan fingerprint density at radius 3 is 2.96 bits per heavy atom. The number of piperidine rings is 1. The average Bonchev–Trinajstić information content (AvgIpc) is 3.33. The molecule has 1 aromatic carbocycles. The molecule has 1 saturated carbocycles. The largest absolute Gasteiger partial charge is 0.342 e. The molecule has 0 radical (unpaired) electrons. The van der Waals surface area contributed by atoms with Crippen molar-refractivity contribution < 1.29 is 9.32 Å². The molecule has 1 aliphatic carbocycles. The quantitative estimate of drug-likeness (QED) is 0.836. The van der Waals surface area contributed by atoms with E-state index in [1.54, 1.807) is 0 Å². The van der Waals surface area contributed by atoms with Crippen LogP contribution >= 0.6 is 0 Å². The monoisotopic (exact) mass is 339 g/mol. The van der Waals surface area contributed by atoms with Crippen LogP contribution in [-0.4, -0.2) is 34.0 Å². The van der Waals surface area contributed by atoms with E-state index in [2.05, 4.69) is 41.3 Å². The van der Waals surface area contributed by atoms with Gasteiger partial charge in [0, 0.05) is 25.4 Å². The number of benzene rings is 1. The molecule has 0 unspecified atom stereocenters. The van der Waals surface area contributed by atoms with Crippen LogP contribution in [0.3, 0.4) is 0 Å². The summed E-state index contributed by atoms with van der Waals surface area (Å²) in [5, 5.41) is 4.06. The van der Waals surface area contributed by atoms with Gasteiger partial charge >= 0.3 is 0 Å². The highest BCUT2D eigenvalue weighted by molar-refractivity contribution is 5.83. The normalized spacial score (nSPS) is 25.8.